The van der Waals surface area contributed by atoms with Crippen LogP contribution in [0.15, 0.2) is 22.7 Å². The van der Waals surface area contributed by atoms with E-state index in [0.29, 0.717) is 6.54 Å². The van der Waals surface area contributed by atoms with E-state index in [1.54, 1.807) is 0 Å². The second-order valence-corrected chi connectivity index (χ2v) is 5.46. The van der Waals surface area contributed by atoms with Crippen molar-refractivity contribution in [3.8, 4) is 0 Å². The number of nitrogens with one attached hydrogen (secondary N) is 1. The van der Waals surface area contributed by atoms with Gasteiger partial charge in [-0.2, -0.15) is 0 Å². The topological polar surface area (TPSA) is 55.1 Å². The van der Waals surface area contributed by atoms with Crippen LogP contribution >= 0.6 is 28.3 Å². The van der Waals surface area contributed by atoms with Crippen molar-refractivity contribution in [2.45, 2.75) is 33.6 Å². The minimum Gasteiger partial charge on any atom is -0.329 e. The first kappa shape index (κ1) is 18.4. The van der Waals surface area contributed by atoms with Crippen LogP contribution in [0, 0.1) is 12.3 Å². The minimum absolute atomic E-state index is 0. The number of halogens is 2. The van der Waals surface area contributed by atoms with E-state index in [2.05, 4.69) is 21.2 Å². The molecule has 1 rings (SSSR count). The molecule has 0 aliphatic heterocycles. The first-order chi connectivity index (χ1) is 8.49. The van der Waals surface area contributed by atoms with Crippen molar-refractivity contribution >= 4 is 39.9 Å². The largest absolute Gasteiger partial charge is 0.329 e. The van der Waals surface area contributed by atoms with Crippen LogP contribution in [0.5, 0.6) is 0 Å². The number of aryl methyl sites for hydroxylation is 1. The van der Waals surface area contributed by atoms with Crippen LogP contribution in [-0.4, -0.2) is 12.5 Å². The highest BCUT2D eigenvalue weighted by atomic mass is 79.9. The van der Waals surface area contributed by atoms with E-state index in [0.717, 1.165) is 28.6 Å². The Kier molecular flexibility index (Phi) is 7.64. The molecule has 0 radical (unpaired) electrons. The molecule has 0 atom stereocenters. The van der Waals surface area contributed by atoms with E-state index in [-0.39, 0.29) is 18.3 Å². The molecular weight excluding hydrogens is 328 g/mol. The molecule has 0 saturated carbocycles. The molecule has 0 spiro atoms. The summed E-state index contributed by atoms with van der Waals surface area (Å²) in [6.45, 7) is 6.38. The molecule has 3 nitrogen and oxygen atoms in total. The second kappa shape index (κ2) is 7.88. The van der Waals surface area contributed by atoms with Crippen molar-refractivity contribution in [2.75, 3.05) is 11.9 Å². The van der Waals surface area contributed by atoms with Crippen molar-refractivity contribution < 1.29 is 4.79 Å². The van der Waals surface area contributed by atoms with Gasteiger partial charge in [0.2, 0.25) is 5.91 Å². The lowest BCUT2D eigenvalue weighted by Crippen LogP contribution is -2.41. The number of hydrogen-bond donors (Lipinski definition) is 2. The van der Waals surface area contributed by atoms with Crippen LogP contribution in [0.2, 0.25) is 0 Å². The van der Waals surface area contributed by atoms with Crippen LogP contribution in [0.4, 0.5) is 5.69 Å². The van der Waals surface area contributed by atoms with Crippen molar-refractivity contribution in [1.29, 1.82) is 0 Å². The van der Waals surface area contributed by atoms with Crippen molar-refractivity contribution in [2.24, 2.45) is 11.1 Å². The average Bonchev–Trinajstić information content (AvgIpc) is 2.37. The molecule has 0 heterocycles. The number of benzene rings is 1. The first-order valence-electron chi connectivity index (χ1n) is 6.26. The summed E-state index contributed by atoms with van der Waals surface area (Å²) in [5.74, 6) is 0.0109. The smallest absolute Gasteiger partial charge is 0.231 e. The van der Waals surface area contributed by atoms with Gasteiger partial charge in [-0.05, 0) is 43.5 Å². The Bertz CT molecular complexity index is 425. The van der Waals surface area contributed by atoms with Gasteiger partial charge in [0.1, 0.15) is 0 Å². The number of carbonyl (C=O) groups excluding carboxylic acids is 1. The second-order valence-electron chi connectivity index (χ2n) is 4.61. The number of anilines is 1. The monoisotopic (exact) mass is 348 g/mol. The summed E-state index contributed by atoms with van der Waals surface area (Å²) in [5, 5.41) is 2.96. The highest BCUT2D eigenvalue weighted by Crippen LogP contribution is 2.28. The highest BCUT2D eigenvalue weighted by molar-refractivity contribution is 9.10. The van der Waals surface area contributed by atoms with E-state index in [1.807, 2.05) is 39.0 Å². The zero-order valence-corrected chi connectivity index (χ0v) is 14.0. The lowest BCUT2D eigenvalue weighted by molar-refractivity contribution is -0.125. The normalized spacial score (nSPS) is 10.8. The summed E-state index contributed by atoms with van der Waals surface area (Å²) >= 11 is 3.44. The third-order valence-electron chi connectivity index (χ3n) is 3.64. The van der Waals surface area contributed by atoms with E-state index in [1.165, 1.54) is 0 Å². The van der Waals surface area contributed by atoms with Crippen LogP contribution in [0.25, 0.3) is 0 Å². The summed E-state index contributed by atoms with van der Waals surface area (Å²) < 4.78 is 1.04. The van der Waals surface area contributed by atoms with Gasteiger partial charge in [0.05, 0.1) is 5.41 Å². The van der Waals surface area contributed by atoms with Gasteiger partial charge in [-0.25, -0.2) is 0 Å². The molecule has 5 heteroatoms. The Morgan fingerprint density at radius 1 is 1.37 bits per heavy atom. The van der Waals surface area contributed by atoms with Crippen LogP contribution in [-0.2, 0) is 4.79 Å². The Labute approximate surface area is 129 Å². The molecular formula is C14H22BrClN2O. The zero-order valence-electron chi connectivity index (χ0n) is 11.6. The van der Waals surface area contributed by atoms with Gasteiger partial charge >= 0.3 is 0 Å². The van der Waals surface area contributed by atoms with Gasteiger partial charge in [-0.1, -0.05) is 29.8 Å². The molecule has 0 saturated heterocycles. The molecule has 1 aromatic carbocycles. The number of hydrogen-bond acceptors (Lipinski definition) is 2. The van der Waals surface area contributed by atoms with Crippen molar-refractivity contribution in [3.05, 3.63) is 28.2 Å². The van der Waals surface area contributed by atoms with E-state index in [4.69, 9.17) is 5.73 Å². The SMILES string of the molecule is CCC(CC)(CN)C(=O)Nc1ccc(Br)c(C)c1.Cl. The summed E-state index contributed by atoms with van der Waals surface area (Å²) in [4.78, 5) is 12.3. The summed E-state index contributed by atoms with van der Waals surface area (Å²) in [6, 6.07) is 5.78. The maximum absolute atomic E-state index is 12.3. The molecule has 0 aromatic heterocycles. The standard InChI is InChI=1S/C14H21BrN2O.ClH/c1-4-14(5-2,9-16)13(18)17-11-6-7-12(15)10(3)8-11;/h6-8H,4-5,9,16H2,1-3H3,(H,17,18);1H. The van der Waals surface area contributed by atoms with Gasteiger partial charge in [0.25, 0.3) is 0 Å². The third kappa shape index (κ3) is 4.20. The molecule has 1 aromatic rings. The first-order valence-corrected chi connectivity index (χ1v) is 7.06. The minimum atomic E-state index is -0.457. The summed E-state index contributed by atoms with van der Waals surface area (Å²) in [6.07, 6.45) is 1.50. The zero-order chi connectivity index (χ0) is 13.8. The Morgan fingerprint density at radius 3 is 2.37 bits per heavy atom. The molecule has 0 fully saturated rings. The molecule has 3 N–H and O–H groups in total. The molecule has 0 unspecified atom stereocenters. The lowest BCUT2D eigenvalue weighted by Gasteiger charge is -2.28. The lowest BCUT2D eigenvalue weighted by atomic mass is 9.81. The van der Waals surface area contributed by atoms with Gasteiger partial charge in [-0.15, -0.1) is 12.4 Å². The number of nitrogens with two attached hydrogens (primary N) is 1. The predicted octanol–water partition coefficient (Wildman–Crippen LogP) is 3.88. The number of carbonyl (C=O) groups is 1. The average molecular weight is 350 g/mol. The predicted molar refractivity (Wildman–Crippen MR) is 86.8 cm³/mol. The Hall–Kier alpha value is -0.580. The van der Waals surface area contributed by atoms with Crippen molar-refractivity contribution in [3.63, 3.8) is 0 Å². The molecule has 19 heavy (non-hydrogen) atoms. The third-order valence-corrected chi connectivity index (χ3v) is 4.53. The summed E-state index contributed by atoms with van der Waals surface area (Å²) in [5.41, 5.74) is 7.23. The highest BCUT2D eigenvalue weighted by Gasteiger charge is 2.33. The Balaban J connectivity index is 0.00000324. The Morgan fingerprint density at radius 2 is 1.95 bits per heavy atom. The molecule has 0 aliphatic rings. The summed E-state index contributed by atoms with van der Waals surface area (Å²) in [7, 11) is 0. The number of rotatable bonds is 5. The maximum atomic E-state index is 12.3. The molecule has 1 amide bonds. The van der Waals surface area contributed by atoms with E-state index in [9.17, 15) is 4.79 Å². The van der Waals surface area contributed by atoms with Crippen LogP contribution in [0.1, 0.15) is 32.3 Å². The van der Waals surface area contributed by atoms with Gasteiger partial charge in [0, 0.05) is 16.7 Å². The fourth-order valence-corrected chi connectivity index (χ4v) is 2.19. The van der Waals surface area contributed by atoms with Crippen LogP contribution in [0.3, 0.4) is 0 Å². The maximum Gasteiger partial charge on any atom is 0.231 e. The molecule has 0 aliphatic carbocycles. The van der Waals surface area contributed by atoms with Gasteiger partial charge < -0.3 is 11.1 Å². The fourth-order valence-electron chi connectivity index (χ4n) is 1.94. The van der Waals surface area contributed by atoms with Crippen LogP contribution < -0.4 is 11.1 Å². The van der Waals surface area contributed by atoms with Gasteiger partial charge in [-0.3, -0.25) is 4.79 Å². The quantitative estimate of drug-likeness (QED) is 0.847. The molecule has 0 bridgehead atoms. The fraction of sp³-hybridized carbons (Fsp3) is 0.500. The molecule has 108 valence electrons. The van der Waals surface area contributed by atoms with Crippen molar-refractivity contribution in [1.82, 2.24) is 0 Å². The van der Waals surface area contributed by atoms with E-state index >= 15 is 0 Å². The van der Waals surface area contributed by atoms with Gasteiger partial charge in [0.15, 0.2) is 0 Å². The van der Waals surface area contributed by atoms with E-state index < -0.39 is 5.41 Å². The number of amides is 1.